The molecule has 0 saturated carbocycles. The number of amides is 1. The highest BCUT2D eigenvalue weighted by Crippen LogP contribution is 2.37. The Balaban J connectivity index is 2.37. The topological polar surface area (TPSA) is 91.1 Å². The summed E-state index contributed by atoms with van der Waals surface area (Å²) < 4.78 is 11.8. The normalized spacial score (nSPS) is 13.1. The zero-order valence-corrected chi connectivity index (χ0v) is 23.0. The Morgan fingerprint density at radius 3 is 2.06 bits per heavy atom. The summed E-state index contributed by atoms with van der Waals surface area (Å²) in [5.74, 6) is 0.689. The third-order valence-corrected chi connectivity index (χ3v) is 10.2. The summed E-state index contributed by atoms with van der Waals surface area (Å²) in [6.45, 7) is 15.5. The SMILES string of the molecule is CC(C)(C)OC(=O)N(OCc1ccccc1)[C@@H](C[N+](=O)[O-])c1ccc(O[Si](C)(C)C(C)(C)C)cc1. The van der Waals surface area contributed by atoms with Crippen LogP contribution in [0.25, 0.3) is 0 Å². The van der Waals surface area contributed by atoms with Crippen LogP contribution in [-0.4, -0.2) is 36.5 Å². The Hall–Kier alpha value is -2.91. The van der Waals surface area contributed by atoms with E-state index in [2.05, 4.69) is 33.9 Å². The van der Waals surface area contributed by atoms with Crippen molar-refractivity contribution < 1.29 is 23.7 Å². The van der Waals surface area contributed by atoms with Crippen molar-refractivity contribution in [3.8, 4) is 5.75 Å². The fourth-order valence-electron chi connectivity index (χ4n) is 2.96. The summed E-state index contributed by atoms with van der Waals surface area (Å²) in [4.78, 5) is 30.0. The van der Waals surface area contributed by atoms with Crippen molar-refractivity contribution in [2.45, 2.75) is 77.9 Å². The first-order chi connectivity index (χ1) is 16.1. The first-order valence-electron chi connectivity index (χ1n) is 11.7. The van der Waals surface area contributed by atoms with Gasteiger partial charge >= 0.3 is 6.09 Å². The molecular formula is C26H38N2O6Si. The van der Waals surface area contributed by atoms with E-state index >= 15 is 0 Å². The van der Waals surface area contributed by atoms with Crippen LogP contribution < -0.4 is 4.43 Å². The lowest BCUT2D eigenvalue weighted by atomic mass is 10.1. The van der Waals surface area contributed by atoms with Gasteiger partial charge in [-0.25, -0.2) is 4.79 Å². The van der Waals surface area contributed by atoms with Gasteiger partial charge in [-0.1, -0.05) is 63.2 Å². The molecule has 2 aromatic carbocycles. The van der Waals surface area contributed by atoms with E-state index in [0.717, 1.165) is 10.6 Å². The average Bonchev–Trinajstić information content (AvgIpc) is 2.72. The number of rotatable bonds is 9. The van der Waals surface area contributed by atoms with E-state index in [-0.39, 0.29) is 11.6 Å². The molecule has 0 spiro atoms. The lowest BCUT2D eigenvalue weighted by Gasteiger charge is -2.36. The molecule has 8 nitrogen and oxygen atoms in total. The zero-order chi connectivity index (χ0) is 26.4. The van der Waals surface area contributed by atoms with Crippen molar-refractivity contribution in [1.82, 2.24) is 5.06 Å². The van der Waals surface area contributed by atoms with Crippen molar-refractivity contribution in [2.24, 2.45) is 0 Å². The summed E-state index contributed by atoms with van der Waals surface area (Å²) in [7, 11) is -2.05. The molecule has 0 aromatic heterocycles. The summed E-state index contributed by atoms with van der Waals surface area (Å²) in [6, 6.07) is 15.3. The van der Waals surface area contributed by atoms with Crippen molar-refractivity contribution in [3.63, 3.8) is 0 Å². The predicted octanol–water partition coefficient (Wildman–Crippen LogP) is 6.76. The third kappa shape index (κ3) is 8.67. The molecule has 0 fully saturated rings. The summed E-state index contributed by atoms with van der Waals surface area (Å²) in [6.07, 6.45) is -0.790. The Bertz CT molecular complexity index is 982. The molecule has 0 aliphatic carbocycles. The quantitative estimate of drug-likeness (QED) is 0.214. The first-order valence-corrected chi connectivity index (χ1v) is 14.6. The highest BCUT2D eigenvalue weighted by atomic mass is 28.4. The second-order valence-electron chi connectivity index (χ2n) is 11.0. The van der Waals surface area contributed by atoms with E-state index in [1.54, 1.807) is 45.0 Å². The van der Waals surface area contributed by atoms with Gasteiger partial charge in [0, 0.05) is 4.92 Å². The maximum atomic E-state index is 13.1. The molecule has 1 atom stereocenters. The largest absolute Gasteiger partial charge is 0.544 e. The number of nitro groups is 1. The lowest BCUT2D eigenvalue weighted by Crippen LogP contribution is -2.43. The fraction of sp³-hybridized carbons (Fsp3) is 0.500. The minimum absolute atomic E-state index is 0.0264. The number of hydroxylamine groups is 2. The van der Waals surface area contributed by atoms with Gasteiger partial charge in [-0.2, -0.15) is 5.06 Å². The number of benzene rings is 2. The van der Waals surface area contributed by atoms with Crippen LogP contribution in [0.2, 0.25) is 18.1 Å². The Kier molecular flexibility index (Phi) is 9.08. The van der Waals surface area contributed by atoms with Crippen LogP contribution in [0.3, 0.4) is 0 Å². The van der Waals surface area contributed by atoms with Crippen LogP contribution in [0.15, 0.2) is 54.6 Å². The van der Waals surface area contributed by atoms with Gasteiger partial charge in [0.05, 0.1) is 0 Å². The number of carbonyl (C=O) groups is 1. The lowest BCUT2D eigenvalue weighted by molar-refractivity contribution is -0.492. The van der Waals surface area contributed by atoms with Gasteiger partial charge < -0.3 is 9.16 Å². The van der Waals surface area contributed by atoms with E-state index in [9.17, 15) is 14.9 Å². The summed E-state index contributed by atoms with van der Waals surface area (Å²) >= 11 is 0. The maximum absolute atomic E-state index is 13.1. The van der Waals surface area contributed by atoms with Gasteiger partial charge in [-0.3, -0.25) is 15.0 Å². The first kappa shape index (κ1) is 28.3. The van der Waals surface area contributed by atoms with E-state index < -0.39 is 37.5 Å². The molecule has 9 heteroatoms. The van der Waals surface area contributed by atoms with Crippen LogP contribution in [0.4, 0.5) is 4.79 Å². The summed E-state index contributed by atoms with van der Waals surface area (Å²) in [5.41, 5.74) is 0.563. The Morgan fingerprint density at radius 2 is 1.57 bits per heavy atom. The smallest absolute Gasteiger partial charge is 0.435 e. The molecule has 0 bridgehead atoms. The van der Waals surface area contributed by atoms with E-state index in [1.807, 2.05) is 30.3 Å². The molecule has 0 aliphatic heterocycles. The third-order valence-electron chi connectivity index (χ3n) is 5.84. The number of hydrogen-bond donors (Lipinski definition) is 0. The monoisotopic (exact) mass is 502 g/mol. The molecule has 35 heavy (non-hydrogen) atoms. The molecule has 0 aliphatic rings. The van der Waals surface area contributed by atoms with Crippen LogP contribution in [-0.2, 0) is 16.2 Å². The van der Waals surface area contributed by atoms with Crippen molar-refractivity contribution in [3.05, 3.63) is 75.8 Å². The Labute approximate surface area is 209 Å². The molecule has 2 rings (SSSR count). The molecular weight excluding hydrogens is 464 g/mol. The summed E-state index contributed by atoms with van der Waals surface area (Å²) in [5, 5.41) is 12.6. The number of hydrogen-bond acceptors (Lipinski definition) is 6. The second kappa shape index (κ2) is 11.2. The van der Waals surface area contributed by atoms with Gasteiger partial charge in [0.15, 0.2) is 6.04 Å². The van der Waals surface area contributed by atoms with Gasteiger partial charge in [0.2, 0.25) is 14.9 Å². The fourth-order valence-corrected chi connectivity index (χ4v) is 3.99. The maximum Gasteiger partial charge on any atom is 0.435 e. The minimum Gasteiger partial charge on any atom is -0.544 e. The molecule has 0 saturated heterocycles. The van der Waals surface area contributed by atoms with Crippen molar-refractivity contribution in [2.75, 3.05) is 6.54 Å². The standard InChI is InChI=1S/C26H38N2O6Si/c1-25(2,3)33-24(29)28(32-19-20-12-10-9-11-13-20)23(18-27(30)31)21-14-16-22(17-15-21)34-35(7,8)26(4,5)6/h9-17,23H,18-19H2,1-8H3/t23-/m0/s1. The van der Waals surface area contributed by atoms with E-state index in [0.29, 0.717) is 11.3 Å². The molecule has 1 amide bonds. The highest BCUT2D eigenvalue weighted by Gasteiger charge is 2.39. The highest BCUT2D eigenvalue weighted by molar-refractivity contribution is 6.74. The molecule has 0 radical (unpaired) electrons. The number of ether oxygens (including phenoxy) is 1. The van der Waals surface area contributed by atoms with Crippen molar-refractivity contribution >= 4 is 14.4 Å². The van der Waals surface area contributed by atoms with E-state index in [4.69, 9.17) is 14.0 Å². The molecule has 0 unspecified atom stereocenters. The van der Waals surface area contributed by atoms with Gasteiger partial charge in [0.1, 0.15) is 18.0 Å². The van der Waals surface area contributed by atoms with Crippen LogP contribution in [0, 0.1) is 10.1 Å². The Morgan fingerprint density at radius 1 is 1.00 bits per heavy atom. The van der Waals surface area contributed by atoms with Crippen molar-refractivity contribution in [1.29, 1.82) is 0 Å². The second-order valence-corrected chi connectivity index (χ2v) is 15.8. The number of nitrogens with zero attached hydrogens (tertiary/aromatic N) is 2. The number of carbonyl (C=O) groups excluding carboxylic acids is 1. The average molecular weight is 503 g/mol. The van der Waals surface area contributed by atoms with Gasteiger partial charge in [0.25, 0.3) is 0 Å². The van der Waals surface area contributed by atoms with Gasteiger partial charge in [-0.05, 0) is 62.2 Å². The van der Waals surface area contributed by atoms with E-state index in [1.165, 1.54) is 0 Å². The van der Waals surface area contributed by atoms with Gasteiger partial charge in [-0.15, -0.1) is 0 Å². The molecule has 192 valence electrons. The van der Waals surface area contributed by atoms with Crippen LogP contribution in [0.5, 0.6) is 5.75 Å². The molecule has 0 N–H and O–H groups in total. The molecule has 0 heterocycles. The van der Waals surface area contributed by atoms with Crippen LogP contribution in [0.1, 0.15) is 58.7 Å². The van der Waals surface area contributed by atoms with Crippen LogP contribution >= 0.6 is 0 Å². The minimum atomic E-state index is -2.05. The predicted molar refractivity (Wildman–Crippen MR) is 138 cm³/mol. The molecule has 2 aromatic rings. The zero-order valence-electron chi connectivity index (χ0n) is 22.0.